The quantitative estimate of drug-likeness (QED) is 0.637. The summed E-state index contributed by atoms with van der Waals surface area (Å²) in [7, 11) is 0. The van der Waals surface area contributed by atoms with Crippen LogP contribution in [0.4, 0.5) is 8.78 Å². The van der Waals surface area contributed by atoms with Crippen LogP contribution in [0.1, 0.15) is 24.6 Å². The van der Waals surface area contributed by atoms with Crippen molar-refractivity contribution in [2.75, 3.05) is 0 Å². The SMILES string of the molecule is O=c1c2ncsc2nc(C2C[C@@H]3[C@H](C2)C3(F)F)n1-c1ccc(Cl)nc1. The molecule has 25 heavy (non-hydrogen) atoms. The number of nitrogens with zero attached hydrogens (tertiary/aromatic N) is 4. The highest BCUT2D eigenvalue weighted by Gasteiger charge is 2.71. The van der Waals surface area contributed by atoms with Crippen molar-refractivity contribution in [1.82, 2.24) is 19.5 Å². The molecule has 2 fully saturated rings. The fourth-order valence-corrected chi connectivity index (χ4v) is 4.64. The molecule has 0 amide bonds. The minimum Gasteiger partial charge on any atom is -0.266 e. The third-order valence-electron chi connectivity index (χ3n) is 5.18. The molecule has 2 saturated carbocycles. The number of alkyl halides is 2. The maximum atomic E-state index is 13.6. The molecule has 0 aromatic carbocycles. The zero-order valence-corrected chi connectivity index (χ0v) is 14.3. The van der Waals surface area contributed by atoms with Crippen LogP contribution in [0.2, 0.25) is 5.15 Å². The van der Waals surface area contributed by atoms with Gasteiger partial charge >= 0.3 is 0 Å². The van der Waals surface area contributed by atoms with Gasteiger partial charge in [0.2, 0.25) is 0 Å². The molecule has 2 aliphatic rings. The van der Waals surface area contributed by atoms with E-state index in [1.165, 1.54) is 22.1 Å². The summed E-state index contributed by atoms with van der Waals surface area (Å²) in [5, 5.41) is 0.308. The van der Waals surface area contributed by atoms with Crippen molar-refractivity contribution in [3.8, 4) is 5.69 Å². The van der Waals surface area contributed by atoms with E-state index in [0.717, 1.165) is 0 Å². The molecule has 3 aromatic rings. The second-order valence-electron chi connectivity index (χ2n) is 6.51. The Bertz CT molecular complexity index is 1030. The smallest absolute Gasteiger partial charge is 0.266 e. The Labute approximate surface area is 149 Å². The molecule has 2 aliphatic carbocycles. The van der Waals surface area contributed by atoms with Crippen molar-refractivity contribution >= 4 is 33.3 Å². The molecule has 0 N–H and O–H groups in total. The summed E-state index contributed by atoms with van der Waals surface area (Å²) < 4.78 is 28.6. The van der Waals surface area contributed by atoms with E-state index in [4.69, 9.17) is 11.6 Å². The van der Waals surface area contributed by atoms with Crippen molar-refractivity contribution in [2.45, 2.75) is 24.7 Å². The first-order chi connectivity index (χ1) is 12.0. The van der Waals surface area contributed by atoms with E-state index in [1.807, 2.05) is 0 Å². The van der Waals surface area contributed by atoms with Gasteiger partial charge in [0.05, 0.1) is 17.4 Å². The molecule has 0 spiro atoms. The molecule has 0 aliphatic heterocycles. The van der Waals surface area contributed by atoms with Crippen LogP contribution < -0.4 is 5.56 Å². The van der Waals surface area contributed by atoms with Crippen LogP contribution in [-0.4, -0.2) is 25.4 Å². The van der Waals surface area contributed by atoms with Crippen LogP contribution in [0.25, 0.3) is 16.0 Å². The van der Waals surface area contributed by atoms with E-state index in [9.17, 15) is 13.6 Å². The Balaban J connectivity index is 1.68. The number of thiazole rings is 1. The lowest BCUT2D eigenvalue weighted by atomic mass is 10.0. The summed E-state index contributed by atoms with van der Waals surface area (Å²) in [6.07, 6.45) is 2.17. The fraction of sp³-hybridized carbons (Fsp3) is 0.375. The van der Waals surface area contributed by atoms with Crippen LogP contribution in [0.3, 0.4) is 0 Å². The summed E-state index contributed by atoms with van der Waals surface area (Å²) in [5.74, 6) is -3.41. The van der Waals surface area contributed by atoms with E-state index in [2.05, 4.69) is 15.0 Å². The number of fused-ring (bicyclic) bond motifs is 2. The van der Waals surface area contributed by atoms with Crippen molar-refractivity contribution in [2.24, 2.45) is 11.8 Å². The van der Waals surface area contributed by atoms with Crippen LogP contribution in [0, 0.1) is 11.8 Å². The predicted octanol–water partition coefficient (Wildman–Crippen LogP) is 3.65. The summed E-state index contributed by atoms with van der Waals surface area (Å²) in [4.78, 5) is 26.2. The van der Waals surface area contributed by atoms with E-state index in [0.29, 0.717) is 34.3 Å². The van der Waals surface area contributed by atoms with Crippen molar-refractivity contribution < 1.29 is 8.78 Å². The summed E-state index contributed by atoms with van der Waals surface area (Å²) in [6, 6.07) is 3.25. The molecule has 5 nitrogen and oxygen atoms in total. The molecule has 5 rings (SSSR count). The van der Waals surface area contributed by atoms with Crippen LogP contribution in [-0.2, 0) is 0 Å². The lowest BCUT2D eigenvalue weighted by Gasteiger charge is -2.19. The van der Waals surface area contributed by atoms with Crippen molar-refractivity contribution in [1.29, 1.82) is 0 Å². The molecule has 3 heterocycles. The molecule has 9 heteroatoms. The van der Waals surface area contributed by atoms with Gasteiger partial charge in [-0.3, -0.25) is 9.36 Å². The molecular formula is C16H11ClF2N4OS. The summed E-state index contributed by atoms with van der Waals surface area (Å²) >= 11 is 7.10. The molecule has 0 radical (unpaired) electrons. The van der Waals surface area contributed by atoms with Gasteiger partial charge in [-0.2, -0.15) is 0 Å². The standard InChI is InChI=1S/C16H11ClF2N4OS/c17-11-2-1-8(5-20-11)23-13(7-3-9-10(4-7)16(9,18)19)22-14-12(15(23)24)21-6-25-14/h1-2,5-7,9-10H,3-4H2/t7?,9-,10+. The topological polar surface area (TPSA) is 60.7 Å². The first-order valence-corrected chi connectivity index (χ1v) is 9.08. The van der Waals surface area contributed by atoms with Crippen molar-refractivity contribution in [3.05, 3.63) is 45.2 Å². The number of aromatic nitrogens is 4. The highest BCUT2D eigenvalue weighted by atomic mass is 35.5. The van der Waals surface area contributed by atoms with Crippen LogP contribution in [0.5, 0.6) is 0 Å². The highest BCUT2D eigenvalue weighted by Crippen LogP contribution is 2.67. The Kier molecular flexibility index (Phi) is 3.09. The first-order valence-electron chi connectivity index (χ1n) is 7.82. The summed E-state index contributed by atoms with van der Waals surface area (Å²) in [6.45, 7) is 0. The third-order valence-corrected chi connectivity index (χ3v) is 6.12. The van der Waals surface area contributed by atoms with Gasteiger partial charge in [0.1, 0.15) is 11.0 Å². The molecule has 0 saturated heterocycles. The minimum atomic E-state index is -2.56. The van der Waals surface area contributed by atoms with Gasteiger partial charge in [-0.1, -0.05) is 11.6 Å². The highest BCUT2D eigenvalue weighted by molar-refractivity contribution is 7.16. The zero-order chi connectivity index (χ0) is 17.3. The van der Waals surface area contributed by atoms with Gasteiger partial charge in [-0.05, 0) is 25.0 Å². The van der Waals surface area contributed by atoms with E-state index >= 15 is 0 Å². The Morgan fingerprint density at radius 1 is 1.24 bits per heavy atom. The number of rotatable bonds is 2. The third kappa shape index (κ3) is 2.17. The average molecular weight is 381 g/mol. The van der Waals surface area contributed by atoms with Gasteiger partial charge in [0, 0.05) is 17.8 Å². The molecule has 3 atom stereocenters. The number of hydrogen-bond donors (Lipinski definition) is 0. The van der Waals surface area contributed by atoms with Gasteiger partial charge in [-0.15, -0.1) is 11.3 Å². The lowest BCUT2D eigenvalue weighted by molar-refractivity contribution is 0.0689. The molecule has 1 unspecified atom stereocenters. The van der Waals surface area contributed by atoms with E-state index < -0.39 is 17.8 Å². The van der Waals surface area contributed by atoms with Gasteiger partial charge in [0.15, 0.2) is 10.3 Å². The molecule has 3 aromatic heterocycles. The maximum absolute atomic E-state index is 13.6. The first kappa shape index (κ1) is 15.3. The zero-order valence-electron chi connectivity index (χ0n) is 12.7. The van der Waals surface area contributed by atoms with E-state index in [-0.39, 0.29) is 17.0 Å². The van der Waals surface area contributed by atoms with Crippen LogP contribution in [0.15, 0.2) is 28.6 Å². The normalized spacial score (nSPS) is 26.8. The predicted molar refractivity (Wildman–Crippen MR) is 89.7 cm³/mol. The lowest BCUT2D eigenvalue weighted by Crippen LogP contribution is -2.26. The Hall–Kier alpha value is -1.93. The van der Waals surface area contributed by atoms with Gasteiger partial charge in [-0.25, -0.2) is 23.7 Å². The number of pyridine rings is 1. The maximum Gasteiger partial charge on any atom is 0.285 e. The van der Waals surface area contributed by atoms with Gasteiger partial charge in [0.25, 0.3) is 11.5 Å². The second-order valence-corrected chi connectivity index (χ2v) is 7.73. The fourth-order valence-electron chi connectivity index (χ4n) is 3.88. The van der Waals surface area contributed by atoms with Crippen LogP contribution >= 0.6 is 22.9 Å². The minimum absolute atomic E-state index is 0.176. The van der Waals surface area contributed by atoms with E-state index in [1.54, 1.807) is 17.6 Å². The number of halogens is 3. The Morgan fingerprint density at radius 2 is 2.00 bits per heavy atom. The molecule has 128 valence electrons. The average Bonchev–Trinajstić information content (AvgIpc) is 3.04. The van der Waals surface area contributed by atoms with Crippen molar-refractivity contribution in [3.63, 3.8) is 0 Å². The second kappa shape index (κ2) is 5.04. The number of hydrogen-bond acceptors (Lipinski definition) is 5. The Morgan fingerprint density at radius 3 is 2.68 bits per heavy atom. The van der Waals surface area contributed by atoms with Gasteiger partial charge < -0.3 is 0 Å². The monoisotopic (exact) mass is 380 g/mol. The molecule has 0 bridgehead atoms. The molecular weight excluding hydrogens is 370 g/mol. The summed E-state index contributed by atoms with van der Waals surface area (Å²) in [5.41, 5.74) is 2.04. The largest absolute Gasteiger partial charge is 0.285 e.